The van der Waals surface area contributed by atoms with E-state index in [4.69, 9.17) is 4.74 Å². The third-order valence-corrected chi connectivity index (χ3v) is 6.10. The molecular weight excluding hydrogens is 487 g/mol. The van der Waals surface area contributed by atoms with E-state index in [2.05, 4.69) is 4.98 Å². The zero-order valence-electron chi connectivity index (χ0n) is 18.6. The lowest BCUT2D eigenvalue weighted by Crippen LogP contribution is -2.42. The standard InChI is InChI=1S/C24H19F5N4O3/c25-16-7-8-19(18(26)10-16)33-21-20(22(34)32(23(33)35)12-17-2-1-9-36-17)31(13-30-21)11-14-3-5-15(6-4-14)24(27,28)29/h3-8,10,13,17H,1-2,9,11-12H2/t17-/m0/s1. The van der Waals surface area contributed by atoms with Crippen LogP contribution in [0.2, 0.25) is 0 Å². The minimum Gasteiger partial charge on any atom is -0.376 e. The Bertz CT molecular complexity index is 1550. The summed E-state index contributed by atoms with van der Waals surface area (Å²) in [5.41, 5.74) is -2.46. The van der Waals surface area contributed by atoms with Crippen molar-refractivity contribution in [1.82, 2.24) is 18.7 Å². The van der Waals surface area contributed by atoms with Crippen LogP contribution in [0, 0.1) is 11.6 Å². The zero-order valence-corrected chi connectivity index (χ0v) is 18.6. The Hall–Kier alpha value is -3.80. The monoisotopic (exact) mass is 506 g/mol. The molecule has 0 bridgehead atoms. The molecule has 1 fully saturated rings. The molecule has 2 aromatic heterocycles. The second-order valence-corrected chi connectivity index (χ2v) is 8.50. The number of rotatable bonds is 5. The highest BCUT2D eigenvalue weighted by molar-refractivity contribution is 5.72. The Morgan fingerprint density at radius 3 is 2.44 bits per heavy atom. The van der Waals surface area contributed by atoms with Crippen molar-refractivity contribution in [2.75, 3.05) is 6.61 Å². The summed E-state index contributed by atoms with van der Waals surface area (Å²) in [6.45, 7) is 0.365. The summed E-state index contributed by atoms with van der Waals surface area (Å²) in [5, 5.41) is 0. The molecule has 0 amide bonds. The van der Waals surface area contributed by atoms with Gasteiger partial charge in [0.25, 0.3) is 5.56 Å². The van der Waals surface area contributed by atoms with Crippen LogP contribution in [0.1, 0.15) is 24.0 Å². The van der Waals surface area contributed by atoms with Gasteiger partial charge in [-0.25, -0.2) is 23.1 Å². The maximum atomic E-state index is 14.7. The molecule has 0 N–H and O–H groups in total. The van der Waals surface area contributed by atoms with E-state index in [1.54, 1.807) is 0 Å². The van der Waals surface area contributed by atoms with Crippen LogP contribution in [0.4, 0.5) is 22.0 Å². The van der Waals surface area contributed by atoms with Crippen LogP contribution >= 0.6 is 0 Å². The second kappa shape index (κ2) is 9.01. The third kappa shape index (κ3) is 4.32. The lowest BCUT2D eigenvalue weighted by atomic mass is 10.1. The Kier molecular flexibility index (Phi) is 5.99. The molecular formula is C24H19F5N4O3. The number of hydrogen-bond donors (Lipinski definition) is 0. The molecule has 36 heavy (non-hydrogen) atoms. The summed E-state index contributed by atoms with van der Waals surface area (Å²) in [4.78, 5) is 31.0. The molecule has 1 aliphatic heterocycles. The van der Waals surface area contributed by atoms with E-state index in [0.717, 1.165) is 39.8 Å². The predicted octanol–water partition coefficient (Wildman–Crippen LogP) is 3.87. The van der Waals surface area contributed by atoms with Gasteiger partial charge in [-0.15, -0.1) is 0 Å². The Morgan fingerprint density at radius 2 is 1.81 bits per heavy atom. The van der Waals surface area contributed by atoms with Crippen molar-refractivity contribution in [3.63, 3.8) is 0 Å². The average molecular weight is 506 g/mol. The van der Waals surface area contributed by atoms with Crippen molar-refractivity contribution < 1.29 is 26.7 Å². The van der Waals surface area contributed by atoms with Gasteiger partial charge in [-0.2, -0.15) is 13.2 Å². The van der Waals surface area contributed by atoms with Crippen LogP contribution in [0.3, 0.4) is 0 Å². The molecule has 0 aliphatic carbocycles. The van der Waals surface area contributed by atoms with E-state index < -0.39 is 40.7 Å². The SMILES string of the molecule is O=c1c2c(ncn2Cc2ccc(C(F)(F)F)cc2)n(-c2ccc(F)cc2F)c(=O)n1C[C@@H]1CCCO1. The van der Waals surface area contributed by atoms with Crippen LogP contribution in [-0.4, -0.2) is 31.4 Å². The molecule has 0 spiro atoms. The maximum absolute atomic E-state index is 14.7. The zero-order chi connectivity index (χ0) is 25.6. The van der Waals surface area contributed by atoms with E-state index in [1.165, 1.54) is 23.0 Å². The summed E-state index contributed by atoms with van der Waals surface area (Å²) >= 11 is 0. The topological polar surface area (TPSA) is 71.0 Å². The molecule has 188 valence electrons. The maximum Gasteiger partial charge on any atom is 0.416 e. The van der Waals surface area contributed by atoms with Gasteiger partial charge in [-0.1, -0.05) is 12.1 Å². The first-order valence-electron chi connectivity index (χ1n) is 11.1. The van der Waals surface area contributed by atoms with Crippen LogP contribution < -0.4 is 11.2 Å². The molecule has 12 heteroatoms. The molecule has 5 rings (SSSR count). The van der Waals surface area contributed by atoms with Crippen LogP contribution in [-0.2, 0) is 24.0 Å². The smallest absolute Gasteiger partial charge is 0.376 e. The summed E-state index contributed by atoms with van der Waals surface area (Å²) in [5.74, 6) is -1.88. The molecule has 2 aromatic carbocycles. The number of nitrogens with zero attached hydrogens (tertiary/aromatic N) is 4. The first-order valence-corrected chi connectivity index (χ1v) is 11.1. The van der Waals surface area contributed by atoms with Crippen molar-refractivity contribution >= 4 is 11.2 Å². The van der Waals surface area contributed by atoms with Gasteiger partial charge in [0.15, 0.2) is 11.2 Å². The molecule has 0 unspecified atom stereocenters. The molecule has 3 heterocycles. The van der Waals surface area contributed by atoms with Crippen molar-refractivity contribution in [2.24, 2.45) is 0 Å². The third-order valence-electron chi connectivity index (χ3n) is 6.10. The van der Waals surface area contributed by atoms with Gasteiger partial charge < -0.3 is 9.30 Å². The number of halogens is 5. The summed E-state index contributed by atoms with van der Waals surface area (Å²) < 4.78 is 75.8. The largest absolute Gasteiger partial charge is 0.416 e. The average Bonchev–Trinajstić information content (AvgIpc) is 3.48. The van der Waals surface area contributed by atoms with Gasteiger partial charge in [-0.3, -0.25) is 9.36 Å². The Morgan fingerprint density at radius 1 is 1.06 bits per heavy atom. The fourth-order valence-electron chi connectivity index (χ4n) is 4.33. The van der Waals surface area contributed by atoms with Crippen LogP contribution in [0.25, 0.3) is 16.9 Å². The molecule has 4 aromatic rings. The van der Waals surface area contributed by atoms with Crippen LogP contribution in [0.5, 0.6) is 0 Å². The van der Waals surface area contributed by atoms with E-state index in [-0.39, 0.29) is 29.9 Å². The van der Waals surface area contributed by atoms with Gasteiger partial charge in [0, 0.05) is 19.2 Å². The van der Waals surface area contributed by atoms with E-state index in [1.807, 2.05) is 0 Å². The van der Waals surface area contributed by atoms with Gasteiger partial charge in [-0.05, 0) is 42.7 Å². The lowest BCUT2D eigenvalue weighted by Gasteiger charge is -2.16. The minimum absolute atomic E-state index is 0.0338. The lowest BCUT2D eigenvalue weighted by molar-refractivity contribution is -0.137. The first kappa shape index (κ1) is 23.9. The molecule has 1 atom stereocenters. The summed E-state index contributed by atoms with van der Waals surface area (Å²) in [6.07, 6.45) is -2.26. The summed E-state index contributed by atoms with van der Waals surface area (Å²) in [6, 6.07) is 7.06. The number of hydrogen-bond acceptors (Lipinski definition) is 4. The highest BCUT2D eigenvalue weighted by Crippen LogP contribution is 2.29. The van der Waals surface area contributed by atoms with Crippen LogP contribution in [0.15, 0.2) is 58.4 Å². The second-order valence-electron chi connectivity index (χ2n) is 8.50. The molecule has 1 saturated heterocycles. The normalized spacial score (nSPS) is 16.2. The Labute approximate surface area is 200 Å². The fourth-order valence-corrected chi connectivity index (χ4v) is 4.33. The molecule has 0 saturated carbocycles. The highest BCUT2D eigenvalue weighted by Gasteiger charge is 2.30. The first-order chi connectivity index (χ1) is 17.1. The number of aromatic nitrogens is 4. The number of fused-ring (bicyclic) bond motifs is 1. The number of benzene rings is 2. The van der Waals surface area contributed by atoms with Crippen molar-refractivity contribution in [1.29, 1.82) is 0 Å². The number of alkyl halides is 3. The van der Waals surface area contributed by atoms with Crippen molar-refractivity contribution in [3.05, 3.63) is 92.4 Å². The molecule has 1 aliphatic rings. The van der Waals surface area contributed by atoms with Gasteiger partial charge in [0.1, 0.15) is 11.6 Å². The van der Waals surface area contributed by atoms with Gasteiger partial charge in [0.2, 0.25) is 0 Å². The highest BCUT2D eigenvalue weighted by atomic mass is 19.4. The minimum atomic E-state index is -4.49. The molecule has 0 radical (unpaired) electrons. The number of imidazole rings is 1. The van der Waals surface area contributed by atoms with E-state index in [0.29, 0.717) is 24.7 Å². The van der Waals surface area contributed by atoms with Gasteiger partial charge >= 0.3 is 11.9 Å². The fraction of sp³-hybridized carbons (Fsp3) is 0.292. The van der Waals surface area contributed by atoms with Gasteiger partial charge in [0.05, 0.1) is 30.2 Å². The van der Waals surface area contributed by atoms with E-state index in [9.17, 15) is 31.5 Å². The predicted molar refractivity (Wildman–Crippen MR) is 119 cm³/mol. The number of ether oxygens (including phenoxy) is 1. The summed E-state index contributed by atoms with van der Waals surface area (Å²) in [7, 11) is 0. The van der Waals surface area contributed by atoms with Crippen molar-refractivity contribution in [3.8, 4) is 5.69 Å². The quantitative estimate of drug-likeness (QED) is 0.386. The molecule has 7 nitrogen and oxygen atoms in total. The Balaban J connectivity index is 1.67. The van der Waals surface area contributed by atoms with Crippen molar-refractivity contribution in [2.45, 2.75) is 38.2 Å². The van der Waals surface area contributed by atoms with E-state index >= 15 is 0 Å².